The first-order chi connectivity index (χ1) is 8.33. The molecule has 4 unspecified atom stereocenters. The van der Waals surface area contributed by atoms with Crippen LogP contribution in [0.1, 0.15) is 39.5 Å². The van der Waals surface area contributed by atoms with Gasteiger partial charge in [0.05, 0.1) is 11.0 Å². The third kappa shape index (κ3) is 2.48. The Bertz CT molecular complexity index is 428. The summed E-state index contributed by atoms with van der Waals surface area (Å²) in [7, 11) is -3.11. The molecular weight excluding hydrogens is 250 g/mol. The maximum absolute atomic E-state index is 12.2. The highest BCUT2D eigenvalue weighted by molar-refractivity contribution is 7.91. The lowest BCUT2D eigenvalue weighted by Gasteiger charge is -2.26. The zero-order valence-corrected chi connectivity index (χ0v) is 11.9. The van der Waals surface area contributed by atoms with E-state index < -0.39 is 15.1 Å². The molecule has 0 amide bonds. The first kappa shape index (κ1) is 14.0. The monoisotopic (exact) mass is 273 g/mol. The fourth-order valence-electron chi connectivity index (χ4n) is 3.46. The topological polar surface area (TPSA) is 77.2 Å². The Kier molecular flexibility index (Phi) is 3.83. The summed E-state index contributed by atoms with van der Waals surface area (Å²) in [5.41, 5.74) is 6.09. The molecule has 4 atom stereocenters. The van der Waals surface area contributed by atoms with Gasteiger partial charge < -0.3 is 5.73 Å². The molecule has 2 fully saturated rings. The molecule has 2 aliphatic rings. The Morgan fingerprint density at radius 1 is 1.28 bits per heavy atom. The number of carbonyl (C=O) groups excluding carboxylic acids is 1. The number of hydrogen-bond donors (Lipinski definition) is 1. The summed E-state index contributed by atoms with van der Waals surface area (Å²) in [4.78, 5) is 12.2. The molecular formula is C13H23NO3S. The van der Waals surface area contributed by atoms with Gasteiger partial charge in [-0.15, -0.1) is 0 Å². The van der Waals surface area contributed by atoms with E-state index in [9.17, 15) is 13.2 Å². The SMILES string of the molecule is CC(C)S(=O)(=O)CCC(=O)C1C2CCC(C2)C1N. The lowest BCUT2D eigenvalue weighted by Crippen LogP contribution is -2.40. The van der Waals surface area contributed by atoms with Crippen molar-refractivity contribution in [1.82, 2.24) is 0 Å². The molecule has 18 heavy (non-hydrogen) atoms. The van der Waals surface area contributed by atoms with Crippen LogP contribution in [0.3, 0.4) is 0 Å². The first-order valence-corrected chi connectivity index (χ1v) is 8.54. The average molecular weight is 273 g/mol. The van der Waals surface area contributed by atoms with Crippen molar-refractivity contribution in [3.8, 4) is 0 Å². The van der Waals surface area contributed by atoms with E-state index in [1.165, 1.54) is 0 Å². The Balaban J connectivity index is 1.94. The molecule has 0 aliphatic heterocycles. The van der Waals surface area contributed by atoms with Crippen molar-refractivity contribution in [2.45, 2.75) is 50.8 Å². The van der Waals surface area contributed by atoms with Gasteiger partial charge in [-0.3, -0.25) is 4.79 Å². The predicted molar refractivity (Wildman–Crippen MR) is 70.8 cm³/mol. The van der Waals surface area contributed by atoms with Crippen molar-refractivity contribution in [2.75, 3.05) is 5.75 Å². The molecule has 104 valence electrons. The minimum atomic E-state index is -3.11. The van der Waals surface area contributed by atoms with E-state index >= 15 is 0 Å². The maximum Gasteiger partial charge on any atom is 0.153 e. The van der Waals surface area contributed by atoms with Crippen LogP contribution in [0, 0.1) is 17.8 Å². The summed E-state index contributed by atoms with van der Waals surface area (Å²) < 4.78 is 23.4. The second-order valence-electron chi connectivity index (χ2n) is 6.07. The van der Waals surface area contributed by atoms with Crippen molar-refractivity contribution >= 4 is 15.6 Å². The molecule has 0 aromatic carbocycles. The molecule has 2 N–H and O–H groups in total. The largest absolute Gasteiger partial charge is 0.327 e. The van der Waals surface area contributed by atoms with Gasteiger partial charge in [-0.2, -0.15) is 0 Å². The van der Waals surface area contributed by atoms with Crippen molar-refractivity contribution in [1.29, 1.82) is 0 Å². The highest BCUT2D eigenvalue weighted by Gasteiger charge is 2.48. The number of rotatable bonds is 5. The zero-order chi connectivity index (χ0) is 13.5. The van der Waals surface area contributed by atoms with Crippen LogP contribution in [0.25, 0.3) is 0 Å². The van der Waals surface area contributed by atoms with E-state index in [1.807, 2.05) is 0 Å². The first-order valence-electron chi connectivity index (χ1n) is 6.83. The van der Waals surface area contributed by atoms with E-state index in [2.05, 4.69) is 0 Å². The zero-order valence-electron chi connectivity index (χ0n) is 11.1. The van der Waals surface area contributed by atoms with E-state index in [1.54, 1.807) is 13.8 Å². The highest BCUT2D eigenvalue weighted by atomic mass is 32.2. The van der Waals surface area contributed by atoms with Gasteiger partial charge in [0.25, 0.3) is 0 Å². The molecule has 2 aliphatic carbocycles. The third-order valence-corrected chi connectivity index (χ3v) is 6.91. The molecule has 2 rings (SSSR count). The molecule has 0 heterocycles. The number of Topliss-reactive ketones (excluding diaryl/α,β-unsaturated/α-hetero) is 1. The molecule has 5 heteroatoms. The number of hydrogen-bond acceptors (Lipinski definition) is 4. The van der Waals surface area contributed by atoms with Gasteiger partial charge in [0, 0.05) is 18.4 Å². The molecule has 2 saturated carbocycles. The molecule has 0 aromatic heterocycles. The van der Waals surface area contributed by atoms with Crippen LogP contribution in [0.2, 0.25) is 0 Å². The summed E-state index contributed by atoms with van der Waals surface area (Å²) in [6, 6.07) is -0.0296. The Morgan fingerprint density at radius 3 is 2.39 bits per heavy atom. The second kappa shape index (κ2) is 4.93. The van der Waals surface area contributed by atoms with Crippen LogP contribution >= 0.6 is 0 Å². The van der Waals surface area contributed by atoms with Crippen LogP contribution in [-0.4, -0.2) is 31.2 Å². The van der Waals surface area contributed by atoms with Crippen LogP contribution in [0.15, 0.2) is 0 Å². The van der Waals surface area contributed by atoms with E-state index in [0.29, 0.717) is 11.8 Å². The number of ketones is 1. The van der Waals surface area contributed by atoms with E-state index in [0.717, 1.165) is 19.3 Å². The molecule has 2 bridgehead atoms. The molecule has 0 aromatic rings. The summed E-state index contributed by atoms with van der Waals surface area (Å²) in [5.74, 6) is 0.874. The number of nitrogens with two attached hydrogens (primary N) is 1. The fraction of sp³-hybridized carbons (Fsp3) is 0.923. The van der Waals surface area contributed by atoms with Crippen molar-refractivity contribution in [2.24, 2.45) is 23.5 Å². The number of sulfone groups is 1. The van der Waals surface area contributed by atoms with Gasteiger partial charge in [0.15, 0.2) is 9.84 Å². The molecule has 0 spiro atoms. The van der Waals surface area contributed by atoms with Gasteiger partial charge in [0.2, 0.25) is 0 Å². The van der Waals surface area contributed by atoms with Crippen LogP contribution in [-0.2, 0) is 14.6 Å². The number of carbonyl (C=O) groups is 1. The smallest absolute Gasteiger partial charge is 0.153 e. The van der Waals surface area contributed by atoms with Crippen molar-refractivity contribution in [3.63, 3.8) is 0 Å². The van der Waals surface area contributed by atoms with Gasteiger partial charge >= 0.3 is 0 Å². The van der Waals surface area contributed by atoms with Crippen LogP contribution in [0.4, 0.5) is 0 Å². The average Bonchev–Trinajstić information content (AvgIpc) is 2.86. The van der Waals surface area contributed by atoms with Gasteiger partial charge in [0.1, 0.15) is 5.78 Å². The normalized spacial score (nSPS) is 35.3. The molecule has 0 saturated heterocycles. The molecule has 4 nitrogen and oxygen atoms in total. The quantitative estimate of drug-likeness (QED) is 0.815. The van der Waals surface area contributed by atoms with Crippen LogP contribution < -0.4 is 5.73 Å². The summed E-state index contributed by atoms with van der Waals surface area (Å²) in [6.45, 7) is 3.31. The van der Waals surface area contributed by atoms with Crippen molar-refractivity contribution < 1.29 is 13.2 Å². The third-order valence-electron chi connectivity index (χ3n) is 4.70. The summed E-state index contributed by atoms with van der Waals surface area (Å²) in [5, 5.41) is -0.404. The second-order valence-corrected chi connectivity index (χ2v) is 8.75. The Labute approximate surface area is 109 Å². The van der Waals surface area contributed by atoms with Crippen LogP contribution in [0.5, 0.6) is 0 Å². The molecule has 0 radical (unpaired) electrons. The maximum atomic E-state index is 12.2. The van der Waals surface area contributed by atoms with E-state index in [4.69, 9.17) is 5.73 Å². The van der Waals surface area contributed by atoms with Crippen molar-refractivity contribution in [3.05, 3.63) is 0 Å². The Morgan fingerprint density at radius 2 is 1.89 bits per heavy atom. The van der Waals surface area contributed by atoms with Gasteiger partial charge in [-0.25, -0.2) is 8.42 Å². The van der Waals surface area contributed by atoms with Gasteiger partial charge in [-0.05, 0) is 44.9 Å². The minimum absolute atomic E-state index is 0.0237. The fourth-order valence-corrected chi connectivity index (χ4v) is 4.42. The highest BCUT2D eigenvalue weighted by Crippen LogP contribution is 2.48. The summed E-state index contributed by atoms with van der Waals surface area (Å²) in [6.07, 6.45) is 3.43. The Hall–Kier alpha value is -0.420. The lowest BCUT2D eigenvalue weighted by molar-refractivity contribution is -0.124. The number of fused-ring (bicyclic) bond motifs is 2. The lowest BCUT2D eigenvalue weighted by atomic mass is 9.81. The summed E-state index contributed by atoms with van der Waals surface area (Å²) >= 11 is 0. The standard InChI is InChI=1S/C13H23NO3S/c1-8(2)18(16,17)6-5-11(15)12-9-3-4-10(7-9)13(12)14/h8-10,12-13H,3-7,14H2,1-2H3. The van der Waals surface area contributed by atoms with E-state index in [-0.39, 0.29) is 29.9 Å². The van der Waals surface area contributed by atoms with Gasteiger partial charge in [-0.1, -0.05) is 0 Å². The predicted octanol–water partition coefficient (Wildman–Crippen LogP) is 1.14. The minimum Gasteiger partial charge on any atom is -0.327 e.